The number of nitrogens with zero attached hydrogens (tertiary/aromatic N) is 1. The van der Waals surface area contributed by atoms with Crippen LogP contribution in [0.1, 0.15) is 19.3 Å². The first-order valence-electron chi connectivity index (χ1n) is 5.92. The van der Waals surface area contributed by atoms with Crippen molar-refractivity contribution in [2.75, 3.05) is 32.9 Å². The Labute approximate surface area is 95.5 Å². The van der Waals surface area contributed by atoms with E-state index in [1.807, 2.05) is 0 Å². The van der Waals surface area contributed by atoms with Gasteiger partial charge in [-0.2, -0.15) is 0 Å². The van der Waals surface area contributed by atoms with Gasteiger partial charge in [0.05, 0.1) is 5.54 Å². The number of nitrogens with two attached hydrogens (primary N) is 1. The van der Waals surface area contributed by atoms with Crippen LogP contribution in [0.15, 0.2) is 0 Å². The summed E-state index contributed by atoms with van der Waals surface area (Å²) in [5, 5.41) is 9.05. The summed E-state index contributed by atoms with van der Waals surface area (Å²) < 4.78 is 5.23. The lowest BCUT2D eigenvalue weighted by atomic mass is 9.90. The van der Waals surface area contributed by atoms with Crippen molar-refractivity contribution in [3.8, 4) is 0 Å². The Bertz CT molecular complexity index is 264. The van der Waals surface area contributed by atoms with Crippen LogP contribution in [0.3, 0.4) is 0 Å². The Hall–Kier alpha value is -0.650. The van der Waals surface area contributed by atoms with Gasteiger partial charge in [0, 0.05) is 38.8 Å². The quantitative estimate of drug-likeness (QED) is 0.657. The summed E-state index contributed by atoms with van der Waals surface area (Å²) in [5.41, 5.74) is 5.40. The van der Waals surface area contributed by atoms with Gasteiger partial charge in [-0.3, -0.25) is 4.79 Å². The minimum absolute atomic E-state index is 0.0340. The largest absolute Gasteiger partial charge is 0.396 e. The van der Waals surface area contributed by atoms with Crippen LogP contribution in [0, 0.1) is 5.92 Å². The molecule has 16 heavy (non-hydrogen) atoms. The summed E-state index contributed by atoms with van der Waals surface area (Å²) in [6, 6.07) is 0. The van der Waals surface area contributed by atoms with E-state index < -0.39 is 5.54 Å². The van der Waals surface area contributed by atoms with Gasteiger partial charge in [-0.05, 0) is 19.3 Å². The van der Waals surface area contributed by atoms with E-state index in [2.05, 4.69) is 0 Å². The molecule has 92 valence electrons. The molecule has 0 bridgehead atoms. The predicted octanol–water partition coefficient (Wildman–Crippen LogP) is -0.665. The van der Waals surface area contributed by atoms with Gasteiger partial charge in [-0.1, -0.05) is 0 Å². The number of carbonyl (C=O) groups is 1. The molecule has 2 saturated heterocycles. The fourth-order valence-electron chi connectivity index (χ4n) is 2.43. The number of amides is 1. The van der Waals surface area contributed by atoms with Crippen LogP contribution in [-0.2, 0) is 9.53 Å². The van der Waals surface area contributed by atoms with Crippen LogP contribution in [0.4, 0.5) is 0 Å². The zero-order valence-electron chi connectivity index (χ0n) is 9.52. The molecule has 3 N–H and O–H groups in total. The molecule has 1 unspecified atom stereocenters. The third kappa shape index (κ3) is 2.21. The van der Waals surface area contributed by atoms with Gasteiger partial charge in [0.15, 0.2) is 0 Å². The van der Waals surface area contributed by atoms with E-state index in [1.54, 1.807) is 4.90 Å². The Kier molecular flexibility index (Phi) is 3.47. The second-order valence-electron chi connectivity index (χ2n) is 4.86. The zero-order valence-corrected chi connectivity index (χ0v) is 9.52. The molecule has 0 aliphatic carbocycles. The van der Waals surface area contributed by atoms with Crippen LogP contribution < -0.4 is 5.73 Å². The topological polar surface area (TPSA) is 75.8 Å². The zero-order chi connectivity index (χ0) is 11.6. The lowest BCUT2D eigenvalue weighted by molar-refractivity contribution is -0.139. The molecular formula is C11H20N2O3. The van der Waals surface area contributed by atoms with E-state index in [0.29, 0.717) is 32.6 Å². The van der Waals surface area contributed by atoms with Crippen LogP contribution in [0.25, 0.3) is 0 Å². The number of rotatable bonds is 2. The molecule has 1 amide bonds. The standard InChI is InChI=1S/C11H20N2O3/c12-11(2-5-16-6-3-11)10(15)13-4-1-9(7-13)8-14/h9,14H,1-8,12H2. The van der Waals surface area contributed by atoms with Crippen molar-refractivity contribution in [2.24, 2.45) is 11.7 Å². The third-order valence-corrected chi connectivity index (χ3v) is 3.64. The molecule has 2 aliphatic heterocycles. The van der Waals surface area contributed by atoms with E-state index in [9.17, 15) is 4.79 Å². The summed E-state index contributed by atoms with van der Waals surface area (Å²) >= 11 is 0. The molecule has 2 fully saturated rings. The highest BCUT2D eigenvalue weighted by atomic mass is 16.5. The monoisotopic (exact) mass is 228 g/mol. The first-order valence-corrected chi connectivity index (χ1v) is 5.92. The molecule has 0 aromatic rings. The lowest BCUT2D eigenvalue weighted by Gasteiger charge is -2.35. The Morgan fingerprint density at radius 3 is 2.75 bits per heavy atom. The highest BCUT2D eigenvalue weighted by Gasteiger charge is 2.40. The smallest absolute Gasteiger partial charge is 0.242 e. The molecule has 5 heteroatoms. The number of likely N-dealkylation sites (tertiary alicyclic amines) is 1. The second-order valence-corrected chi connectivity index (χ2v) is 4.86. The van der Waals surface area contributed by atoms with Crippen LogP contribution in [0.5, 0.6) is 0 Å². The van der Waals surface area contributed by atoms with Crippen LogP contribution in [-0.4, -0.2) is 54.4 Å². The summed E-state index contributed by atoms with van der Waals surface area (Å²) in [6.45, 7) is 2.67. The number of ether oxygens (including phenoxy) is 1. The van der Waals surface area contributed by atoms with Gasteiger partial charge in [-0.25, -0.2) is 0 Å². The van der Waals surface area contributed by atoms with Gasteiger partial charge >= 0.3 is 0 Å². The van der Waals surface area contributed by atoms with Crippen molar-refractivity contribution in [1.82, 2.24) is 4.90 Å². The highest BCUT2D eigenvalue weighted by molar-refractivity contribution is 5.86. The van der Waals surface area contributed by atoms with Gasteiger partial charge < -0.3 is 20.5 Å². The van der Waals surface area contributed by atoms with E-state index >= 15 is 0 Å². The molecule has 0 spiro atoms. The van der Waals surface area contributed by atoms with Crippen molar-refractivity contribution in [3.63, 3.8) is 0 Å². The van der Waals surface area contributed by atoms with Crippen molar-refractivity contribution >= 4 is 5.91 Å². The van der Waals surface area contributed by atoms with Gasteiger partial charge in [0.2, 0.25) is 5.91 Å². The minimum Gasteiger partial charge on any atom is -0.396 e. The van der Waals surface area contributed by atoms with E-state index in [0.717, 1.165) is 13.0 Å². The number of hydrogen-bond donors (Lipinski definition) is 2. The van der Waals surface area contributed by atoms with Gasteiger partial charge in [0.25, 0.3) is 0 Å². The molecule has 0 saturated carbocycles. The van der Waals surface area contributed by atoms with Crippen LogP contribution >= 0.6 is 0 Å². The van der Waals surface area contributed by atoms with Crippen molar-refractivity contribution < 1.29 is 14.6 Å². The molecular weight excluding hydrogens is 208 g/mol. The number of hydrogen-bond acceptors (Lipinski definition) is 4. The molecule has 1 atom stereocenters. The van der Waals surface area contributed by atoms with Crippen LogP contribution in [0.2, 0.25) is 0 Å². The average Bonchev–Trinajstić information content (AvgIpc) is 2.77. The maximum absolute atomic E-state index is 12.2. The molecule has 2 rings (SSSR count). The first kappa shape index (κ1) is 11.8. The first-order chi connectivity index (χ1) is 7.65. The van der Waals surface area contributed by atoms with Crippen molar-refractivity contribution in [1.29, 1.82) is 0 Å². The van der Waals surface area contributed by atoms with E-state index in [-0.39, 0.29) is 18.4 Å². The van der Waals surface area contributed by atoms with E-state index in [1.165, 1.54) is 0 Å². The van der Waals surface area contributed by atoms with Gasteiger partial charge in [0.1, 0.15) is 0 Å². The summed E-state index contributed by atoms with van der Waals surface area (Å²) in [4.78, 5) is 14.0. The van der Waals surface area contributed by atoms with E-state index in [4.69, 9.17) is 15.6 Å². The Morgan fingerprint density at radius 1 is 1.50 bits per heavy atom. The van der Waals surface area contributed by atoms with Crippen molar-refractivity contribution in [2.45, 2.75) is 24.8 Å². The lowest BCUT2D eigenvalue weighted by Crippen LogP contribution is -2.57. The Morgan fingerprint density at radius 2 is 2.19 bits per heavy atom. The summed E-state index contributed by atoms with van der Waals surface area (Å²) in [7, 11) is 0. The summed E-state index contributed by atoms with van der Waals surface area (Å²) in [6.07, 6.45) is 2.09. The third-order valence-electron chi connectivity index (χ3n) is 3.64. The number of carbonyl (C=O) groups excluding carboxylic acids is 1. The molecule has 2 heterocycles. The average molecular weight is 228 g/mol. The Balaban J connectivity index is 1.96. The maximum Gasteiger partial charge on any atom is 0.242 e. The maximum atomic E-state index is 12.2. The highest BCUT2D eigenvalue weighted by Crippen LogP contribution is 2.24. The second kappa shape index (κ2) is 4.69. The van der Waals surface area contributed by atoms with Crippen molar-refractivity contribution in [3.05, 3.63) is 0 Å². The number of aliphatic hydroxyl groups is 1. The fraction of sp³-hybridized carbons (Fsp3) is 0.909. The molecule has 0 radical (unpaired) electrons. The fourth-order valence-corrected chi connectivity index (χ4v) is 2.43. The molecule has 2 aliphatic rings. The molecule has 0 aromatic heterocycles. The molecule has 5 nitrogen and oxygen atoms in total. The normalized spacial score (nSPS) is 29.4. The summed E-state index contributed by atoms with van der Waals surface area (Å²) in [5.74, 6) is 0.263. The predicted molar refractivity (Wildman–Crippen MR) is 58.7 cm³/mol. The van der Waals surface area contributed by atoms with Gasteiger partial charge in [-0.15, -0.1) is 0 Å². The SMILES string of the molecule is NC1(C(=O)N2CCC(CO)C2)CCOCC1. The minimum atomic E-state index is -0.734. The number of aliphatic hydroxyl groups excluding tert-OH is 1. The molecule has 0 aromatic carbocycles.